The lowest BCUT2D eigenvalue weighted by Crippen LogP contribution is -2.53. The van der Waals surface area contributed by atoms with Gasteiger partial charge in [0, 0.05) is 43.6 Å². The Morgan fingerprint density at radius 2 is 1.50 bits per heavy atom. The summed E-state index contributed by atoms with van der Waals surface area (Å²) in [6.45, 7) is 3.38. The zero-order valence-corrected chi connectivity index (χ0v) is 19.1. The van der Waals surface area contributed by atoms with Crippen molar-refractivity contribution in [1.82, 2.24) is 15.5 Å². The van der Waals surface area contributed by atoms with E-state index in [1.807, 2.05) is 29.2 Å². The van der Waals surface area contributed by atoms with Gasteiger partial charge in [0.15, 0.2) is 0 Å². The predicted octanol–water partition coefficient (Wildman–Crippen LogP) is 3.26. The zero-order chi connectivity index (χ0) is 22.3. The van der Waals surface area contributed by atoms with Gasteiger partial charge in [0.2, 0.25) is 11.8 Å². The molecule has 1 heterocycles. The van der Waals surface area contributed by atoms with Crippen molar-refractivity contribution in [2.75, 3.05) is 13.1 Å². The predicted molar refractivity (Wildman–Crippen MR) is 122 cm³/mol. The second-order valence-electron chi connectivity index (χ2n) is 10.8. The van der Waals surface area contributed by atoms with Crippen molar-refractivity contribution in [3.8, 4) is 0 Å². The van der Waals surface area contributed by atoms with Crippen LogP contribution < -0.4 is 10.6 Å². The molecule has 4 aliphatic carbocycles. The Morgan fingerprint density at radius 3 is 2.03 bits per heavy atom. The number of carbonyl (C=O) groups is 3. The minimum Gasteiger partial charge on any atom is -0.353 e. The minimum absolute atomic E-state index is 0.0133. The first-order valence-corrected chi connectivity index (χ1v) is 12.3. The number of piperidine rings is 1. The Hall–Kier alpha value is -2.37. The van der Waals surface area contributed by atoms with Crippen LogP contribution in [0.5, 0.6) is 0 Å². The molecule has 6 rings (SSSR count). The molecule has 0 aromatic heterocycles. The highest BCUT2D eigenvalue weighted by molar-refractivity contribution is 5.94. The standard InChI is InChI=1S/C26H35N3O3/c1-17(30)28-23-6-8-29(9-7-23)24(31)22-4-2-18(3-5-22)16-27-25(32)26-13-19-10-20(14-26)12-21(11-19)15-26/h2-5,19-21,23H,6-16H2,1H3,(H,27,32)(H,28,30). The van der Waals surface area contributed by atoms with Gasteiger partial charge in [0.05, 0.1) is 0 Å². The molecule has 1 aliphatic heterocycles. The summed E-state index contributed by atoms with van der Waals surface area (Å²) in [5.41, 5.74) is 1.59. The number of rotatable bonds is 5. The number of hydrogen-bond donors (Lipinski definition) is 2. The highest BCUT2D eigenvalue weighted by atomic mass is 16.2. The zero-order valence-electron chi connectivity index (χ0n) is 19.1. The van der Waals surface area contributed by atoms with E-state index in [4.69, 9.17) is 0 Å². The van der Waals surface area contributed by atoms with Gasteiger partial charge in [0.25, 0.3) is 5.91 Å². The van der Waals surface area contributed by atoms with Gasteiger partial charge >= 0.3 is 0 Å². The van der Waals surface area contributed by atoms with Crippen LogP contribution in [0.3, 0.4) is 0 Å². The lowest BCUT2D eigenvalue weighted by Gasteiger charge is -2.55. The van der Waals surface area contributed by atoms with Crippen LogP contribution in [-0.4, -0.2) is 41.8 Å². The molecule has 0 unspecified atom stereocenters. The van der Waals surface area contributed by atoms with E-state index in [0.717, 1.165) is 55.4 Å². The first-order chi connectivity index (χ1) is 15.4. The van der Waals surface area contributed by atoms with Crippen LogP contribution in [0.4, 0.5) is 0 Å². The average Bonchev–Trinajstić information content (AvgIpc) is 2.76. The van der Waals surface area contributed by atoms with E-state index in [0.29, 0.717) is 25.2 Å². The number of likely N-dealkylation sites (tertiary alicyclic amines) is 1. The SMILES string of the molecule is CC(=O)NC1CCN(C(=O)c2ccc(CNC(=O)C34CC5CC(CC(C5)C3)C4)cc2)CC1. The van der Waals surface area contributed by atoms with Gasteiger partial charge in [-0.3, -0.25) is 14.4 Å². The van der Waals surface area contributed by atoms with Gasteiger partial charge in [-0.1, -0.05) is 12.1 Å². The van der Waals surface area contributed by atoms with Crippen LogP contribution in [0, 0.1) is 23.2 Å². The highest BCUT2D eigenvalue weighted by Gasteiger charge is 2.54. The van der Waals surface area contributed by atoms with Gasteiger partial charge < -0.3 is 15.5 Å². The Labute approximate surface area is 190 Å². The summed E-state index contributed by atoms with van der Waals surface area (Å²) in [6.07, 6.45) is 8.84. The third kappa shape index (κ3) is 4.28. The van der Waals surface area contributed by atoms with E-state index in [1.165, 1.54) is 26.2 Å². The molecular weight excluding hydrogens is 402 g/mol. The molecular formula is C26H35N3O3. The molecule has 172 valence electrons. The van der Waals surface area contributed by atoms with Gasteiger partial charge in [-0.05, 0) is 86.8 Å². The van der Waals surface area contributed by atoms with E-state index in [9.17, 15) is 14.4 Å². The van der Waals surface area contributed by atoms with Crippen LogP contribution >= 0.6 is 0 Å². The Balaban J connectivity index is 1.13. The van der Waals surface area contributed by atoms with Crippen LogP contribution in [0.1, 0.15) is 74.2 Å². The topological polar surface area (TPSA) is 78.5 Å². The van der Waals surface area contributed by atoms with Crippen LogP contribution in [0.2, 0.25) is 0 Å². The summed E-state index contributed by atoms with van der Waals surface area (Å²) in [5.74, 6) is 2.57. The summed E-state index contributed by atoms with van der Waals surface area (Å²) >= 11 is 0. The van der Waals surface area contributed by atoms with Gasteiger partial charge in [-0.2, -0.15) is 0 Å². The smallest absolute Gasteiger partial charge is 0.253 e. The number of benzene rings is 1. The Bertz CT molecular complexity index is 851. The van der Waals surface area contributed by atoms with Crippen molar-refractivity contribution in [1.29, 1.82) is 0 Å². The van der Waals surface area contributed by atoms with E-state index >= 15 is 0 Å². The fraction of sp³-hybridized carbons (Fsp3) is 0.654. The molecule has 5 aliphatic rings. The number of carbonyl (C=O) groups excluding carboxylic acids is 3. The van der Waals surface area contributed by atoms with E-state index in [-0.39, 0.29) is 29.2 Å². The third-order valence-corrected chi connectivity index (χ3v) is 8.36. The molecule has 0 spiro atoms. The molecule has 4 bridgehead atoms. The van der Waals surface area contributed by atoms with Gasteiger partial charge in [-0.25, -0.2) is 0 Å². The van der Waals surface area contributed by atoms with Crippen molar-refractivity contribution >= 4 is 17.7 Å². The van der Waals surface area contributed by atoms with Crippen LogP contribution in [-0.2, 0) is 16.1 Å². The van der Waals surface area contributed by atoms with E-state index < -0.39 is 0 Å². The summed E-state index contributed by atoms with van der Waals surface area (Å²) < 4.78 is 0. The van der Waals surface area contributed by atoms with Gasteiger partial charge in [-0.15, -0.1) is 0 Å². The molecule has 32 heavy (non-hydrogen) atoms. The third-order valence-electron chi connectivity index (χ3n) is 8.36. The van der Waals surface area contributed by atoms with Crippen molar-refractivity contribution < 1.29 is 14.4 Å². The van der Waals surface area contributed by atoms with E-state index in [1.54, 1.807) is 0 Å². The molecule has 0 atom stereocenters. The average molecular weight is 438 g/mol. The lowest BCUT2D eigenvalue weighted by molar-refractivity contribution is -0.146. The monoisotopic (exact) mass is 437 g/mol. The molecule has 4 saturated carbocycles. The van der Waals surface area contributed by atoms with E-state index in [2.05, 4.69) is 10.6 Å². The van der Waals surface area contributed by atoms with Crippen molar-refractivity contribution in [3.63, 3.8) is 0 Å². The first kappa shape index (κ1) is 21.5. The molecule has 6 heteroatoms. The largest absolute Gasteiger partial charge is 0.353 e. The molecule has 1 aromatic carbocycles. The van der Waals surface area contributed by atoms with Crippen molar-refractivity contribution in [2.45, 2.75) is 70.9 Å². The Morgan fingerprint density at radius 1 is 0.938 bits per heavy atom. The number of amides is 3. The molecule has 5 fully saturated rings. The maximum atomic E-state index is 13.1. The summed E-state index contributed by atoms with van der Waals surface area (Å²) in [7, 11) is 0. The summed E-state index contributed by atoms with van der Waals surface area (Å²) in [4.78, 5) is 39.1. The molecule has 6 nitrogen and oxygen atoms in total. The highest BCUT2D eigenvalue weighted by Crippen LogP contribution is 2.60. The minimum atomic E-state index is -0.117. The second kappa shape index (κ2) is 8.53. The normalized spacial score (nSPS) is 31.4. The first-order valence-electron chi connectivity index (χ1n) is 12.3. The molecule has 3 amide bonds. The number of hydrogen-bond acceptors (Lipinski definition) is 3. The fourth-order valence-corrected chi connectivity index (χ4v) is 7.22. The summed E-state index contributed by atoms with van der Waals surface area (Å²) in [5, 5.41) is 6.16. The maximum absolute atomic E-state index is 13.1. The van der Waals surface area contributed by atoms with Crippen LogP contribution in [0.25, 0.3) is 0 Å². The molecule has 0 radical (unpaired) electrons. The van der Waals surface area contributed by atoms with Crippen molar-refractivity contribution in [2.24, 2.45) is 23.2 Å². The quantitative estimate of drug-likeness (QED) is 0.742. The lowest BCUT2D eigenvalue weighted by atomic mass is 9.49. The number of nitrogens with one attached hydrogen (secondary N) is 2. The molecule has 2 N–H and O–H groups in total. The van der Waals surface area contributed by atoms with Crippen molar-refractivity contribution in [3.05, 3.63) is 35.4 Å². The fourth-order valence-electron chi connectivity index (χ4n) is 7.22. The Kier molecular flexibility index (Phi) is 5.72. The summed E-state index contributed by atoms with van der Waals surface area (Å²) in [6, 6.07) is 7.81. The van der Waals surface area contributed by atoms with Crippen LogP contribution in [0.15, 0.2) is 24.3 Å². The van der Waals surface area contributed by atoms with Gasteiger partial charge in [0.1, 0.15) is 0 Å². The second-order valence-corrected chi connectivity index (χ2v) is 10.8. The molecule has 1 aromatic rings. The maximum Gasteiger partial charge on any atom is 0.253 e. The number of nitrogens with zero attached hydrogens (tertiary/aromatic N) is 1. The molecule has 1 saturated heterocycles.